The normalized spacial score (nSPS) is 18.0. The van der Waals surface area contributed by atoms with E-state index >= 15 is 0 Å². The largest absolute Gasteiger partial charge is 0.493 e. The zero-order valence-electron chi connectivity index (χ0n) is 21.5. The second kappa shape index (κ2) is 13.5. The maximum absolute atomic E-state index is 14.6. The summed E-state index contributed by atoms with van der Waals surface area (Å²) in [6.45, 7) is 4.00. The monoisotopic (exact) mass is 463 g/mol. The summed E-state index contributed by atoms with van der Waals surface area (Å²) in [5.41, 5.74) is 3.77. The molecular weight excluding hydrogens is 421 g/mol. The van der Waals surface area contributed by atoms with Gasteiger partial charge in [-0.1, -0.05) is 89.0 Å². The first-order valence-electron chi connectivity index (χ1n) is 13.5. The van der Waals surface area contributed by atoms with Gasteiger partial charge in [0.05, 0.1) is 18.7 Å². The second-order valence-electron chi connectivity index (χ2n) is 10.2. The summed E-state index contributed by atoms with van der Waals surface area (Å²) in [5.74, 6) is 1.24. The lowest BCUT2D eigenvalue weighted by Crippen LogP contribution is -2.13. The minimum Gasteiger partial charge on any atom is -0.493 e. The maximum atomic E-state index is 14.6. The molecule has 0 spiro atoms. The third-order valence-electron chi connectivity index (χ3n) is 7.73. The number of unbranched alkanes of at least 4 members (excludes halogenated alkanes) is 7. The van der Waals surface area contributed by atoms with Crippen molar-refractivity contribution in [2.24, 2.45) is 5.92 Å². The lowest BCUT2D eigenvalue weighted by Gasteiger charge is -2.29. The zero-order valence-corrected chi connectivity index (χ0v) is 21.5. The Morgan fingerprint density at radius 1 is 0.912 bits per heavy atom. The van der Waals surface area contributed by atoms with Crippen molar-refractivity contribution in [1.29, 1.82) is 5.26 Å². The Morgan fingerprint density at radius 2 is 1.56 bits per heavy atom. The third-order valence-corrected chi connectivity index (χ3v) is 7.73. The Labute approximate surface area is 206 Å². The van der Waals surface area contributed by atoms with Crippen LogP contribution in [-0.2, 0) is 0 Å². The number of halogens is 1. The van der Waals surface area contributed by atoms with Gasteiger partial charge in [-0.15, -0.1) is 0 Å². The van der Waals surface area contributed by atoms with Crippen LogP contribution in [0, 0.1) is 30.0 Å². The molecule has 0 atom stereocenters. The first-order chi connectivity index (χ1) is 16.6. The molecule has 0 heterocycles. The molecule has 0 saturated heterocycles. The number of hydrogen-bond donors (Lipinski definition) is 0. The third kappa shape index (κ3) is 6.84. The minimum absolute atomic E-state index is 0.214. The second-order valence-corrected chi connectivity index (χ2v) is 10.2. The lowest BCUT2D eigenvalue weighted by molar-refractivity contribution is 0.301. The first kappa shape index (κ1) is 26.3. The molecule has 2 aromatic rings. The van der Waals surface area contributed by atoms with Crippen LogP contribution in [0.3, 0.4) is 0 Å². The van der Waals surface area contributed by atoms with Gasteiger partial charge in [-0.05, 0) is 61.6 Å². The van der Waals surface area contributed by atoms with Crippen LogP contribution in [0.1, 0.15) is 113 Å². The fourth-order valence-corrected chi connectivity index (χ4v) is 5.56. The van der Waals surface area contributed by atoms with Gasteiger partial charge in [-0.3, -0.25) is 0 Å². The van der Waals surface area contributed by atoms with Crippen molar-refractivity contribution in [3.05, 3.63) is 52.8 Å². The van der Waals surface area contributed by atoms with Crippen LogP contribution in [0.2, 0.25) is 0 Å². The van der Waals surface area contributed by atoms with Crippen molar-refractivity contribution in [2.45, 2.75) is 103 Å². The van der Waals surface area contributed by atoms with Gasteiger partial charge in [0.1, 0.15) is 0 Å². The van der Waals surface area contributed by atoms with Crippen LogP contribution in [0.5, 0.6) is 5.75 Å². The fourth-order valence-electron chi connectivity index (χ4n) is 5.56. The predicted octanol–water partition coefficient (Wildman–Crippen LogP) is 9.49. The van der Waals surface area contributed by atoms with Gasteiger partial charge in [-0.25, -0.2) is 4.39 Å². The van der Waals surface area contributed by atoms with E-state index < -0.39 is 0 Å². The fraction of sp³-hybridized carbons (Fsp3) is 0.581. The molecule has 2 nitrogen and oxygen atoms in total. The molecule has 0 amide bonds. The Bertz CT molecular complexity index is 953. The van der Waals surface area contributed by atoms with Gasteiger partial charge < -0.3 is 4.74 Å². The number of methoxy groups -OCH3 is 1. The number of nitriles is 1. The smallest absolute Gasteiger partial charge is 0.168 e. The predicted molar refractivity (Wildman–Crippen MR) is 140 cm³/mol. The Balaban J connectivity index is 1.54. The van der Waals surface area contributed by atoms with Gasteiger partial charge in [0.25, 0.3) is 0 Å². The average Bonchev–Trinajstić information content (AvgIpc) is 2.87. The molecule has 0 N–H and O–H groups in total. The molecule has 34 heavy (non-hydrogen) atoms. The standard InChI is InChI=1S/C31H42FNO/c1-4-5-6-7-8-9-10-11-12-24-14-16-25(17-15-24)26-18-20-28(27(21-26)22-33)29-19-13-23(2)30(32)31(29)34-3/h13,18-21,24-25H,4-12,14-17H2,1-3H3. The highest BCUT2D eigenvalue weighted by Gasteiger charge is 2.23. The van der Waals surface area contributed by atoms with Crippen LogP contribution in [0.4, 0.5) is 4.39 Å². The molecule has 1 saturated carbocycles. The summed E-state index contributed by atoms with van der Waals surface area (Å²) in [7, 11) is 1.48. The molecular formula is C31H42FNO. The molecule has 0 bridgehead atoms. The molecule has 2 aromatic carbocycles. The van der Waals surface area contributed by atoms with Crippen molar-refractivity contribution in [3.63, 3.8) is 0 Å². The van der Waals surface area contributed by atoms with Gasteiger partial charge in [0, 0.05) is 11.1 Å². The lowest BCUT2D eigenvalue weighted by atomic mass is 9.76. The number of ether oxygens (including phenoxy) is 1. The Hall–Kier alpha value is -2.34. The van der Waals surface area contributed by atoms with E-state index in [4.69, 9.17) is 4.74 Å². The molecule has 0 aromatic heterocycles. The van der Waals surface area contributed by atoms with E-state index in [0.717, 1.165) is 11.5 Å². The molecule has 0 aliphatic heterocycles. The number of nitrogens with zero attached hydrogens (tertiary/aromatic N) is 1. The summed E-state index contributed by atoms with van der Waals surface area (Å²) < 4.78 is 19.9. The van der Waals surface area contributed by atoms with E-state index in [2.05, 4.69) is 19.1 Å². The van der Waals surface area contributed by atoms with Crippen LogP contribution in [0.25, 0.3) is 11.1 Å². The molecule has 1 fully saturated rings. The van der Waals surface area contributed by atoms with Gasteiger partial charge in [0.15, 0.2) is 11.6 Å². The molecule has 1 aliphatic rings. The number of aryl methyl sites for hydroxylation is 1. The molecule has 0 unspecified atom stereocenters. The molecule has 0 radical (unpaired) electrons. The summed E-state index contributed by atoms with van der Waals surface area (Å²) in [4.78, 5) is 0. The van der Waals surface area contributed by atoms with Crippen LogP contribution in [0.15, 0.2) is 30.3 Å². The van der Waals surface area contributed by atoms with Gasteiger partial charge >= 0.3 is 0 Å². The highest BCUT2D eigenvalue weighted by Crippen LogP contribution is 2.41. The van der Waals surface area contributed by atoms with E-state index in [0.29, 0.717) is 22.6 Å². The van der Waals surface area contributed by atoms with E-state index in [1.54, 1.807) is 13.0 Å². The number of benzene rings is 2. The molecule has 184 valence electrons. The topological polar surface area (TPSA) is 33.0 Å². The van der Waals surface area contributed by atoms with Crippen molar-refractivity contribution >= 4 is 0 Å². The van der Waals surface area contributed by atoms with Crippen LogP contribution >= 0.6 is 0 Å². The van der Waals surface area contributed by atoms with E-state index in [1.807, 2.05) is 18.2 Å². The zero-order chi connectivity index (χ0) is 24.3. The van der Waals surface area contributed by atoms with Crippen molar-refractivity contribution in [3.8, 4) is 22.9 Å². The van der Waals surface area contributed by atoms with Gasteiger partial charge in [0.2, 0.25) is 0 Å². The highest BCUT2D eigenvalue weighted by molar-refractivity contribution is 5.76. The first-order valence-corrected chi connectivity index (χ1v) is 13.5. The SMILES string of the molecule is CCCCCCCCCCC1CCC(c2ccc(-c3ccc(C)c(F)c3OC)c(C#N)c2)CC1. The molecule has 1 aliphatic carbocycles. The molecule has 3 heteroatoms. The average molecular weight is 464 g/mol. The van der Waals surface area contributed by atoms with Gasteiger partial charge in [-0.2, -0.15) is 5.26 Å². The summed E-state index contributed by atoms with van der Waals surface area (Å²) in [6, 6.07) is 12.1. The maximum Gasteiger partial charge on any atom is 0.168 e. The van der Waals surface area contributed by atoms with Crippen molar-refractivity contribution in [2.75, 3.05) is 7.11 Å². The Morgan fingerprint density at radius 3 is 2.21 bits per heavy atom. The Kier molecular flexibility index (Phi) is 10.4. The van der Waals surface area contributed by atoms with Crippen molar-refractivity contribution < 1.29 is 9.13 Å². The van der Waals surface area contributed by atoms with E-state index in [9.17, 15) is 9.65 Å². The summed E-state index contributed by atoms with van der Waals surface area (Å²) >= 11 is 0. The van der Waals surface area contributed by atoms with Crippen LogP contribution < -0.4 is 4.74 Å². The van der Waals surface area contributed by atoms with E-state index in [-0.39, 0.29) is 11.6 Å². The minimum atomic E-state index is -0.359. The highest BCUT2D eigenvalue weighted by atomic mass is 19.1. The van der Waals surface area contributed by atoms with Crippen LogP contribution in [-0.4, -0.2) is 7.11 Å². The summed E-state index contributed by atoms with van der Waals surface area (Å²) in [6.07, 6.45) is 17.5. The number of rotatable bonds is 12. The van der Waals surface area contributed by atoms with E-state index in [1.165, 1.54) is 96.1 Å². The quantitative estimate of drug-likeness (QED) is 0.294. The number of hydrogen-bond acceptors (Lipinski definition) is 2. The van der Waals surface area contributed by atoms with Crippen molar-refractivity contribution in [1.82, 2.24) is 0 Å². The molecule has 3 rings (SSSR count). The summed E-state index contributed by atoms with van der Waals surface area (Å²) in [5, 5.41) is 9.85.